The van der Waals surface area contributed by atoms with Gasteiger partial charge < -0.3 is 15.7 Å². The zero-order valence-electron chi connectivity index (χ0n) is 13.5. The zero-order chi connectivity index (χ0) is 18.3. The first-order chi connectivity index (χ1) is 12.5. The molecule has 1 aliphatic carbocycles. The van der Waals surface area contributed by atoms with E-state index in [2.05, 4.69) is 20.6 Å². The Balaban J connectivity index is 1.66. The quantitative estimate of drug-likeness (QED) is 0.546. The maximum atomic E-state index is 9.72. The number of aromatic hydroxyl groups is 1. The van der Waals surface area contributed by atoms with Crippen molar-refractivity contribution in [2.75, 3.05) is 5.32 Å². The van der Waals surface area contributed by atoms with E-state index in [1.54, 1.807) is 18.3 Å². The van der Waals surface area contributed by atoms with Gasteiger partial charge in [0.15, 0.2) is 16.7 Å². The third-order valence-electron chi connectivity index (χ3n) is 4.05. The SMILES string of the molecule is Oc1c(Cl)cc(-c2ccc3ncc(NC(=S)NC4CC4)nc3c2)cc1Cl. The normalized spacial score (nSPS) is 13.6. The number of thiocarbonyl (C=S) groups is 1. The van der Waals surface area contributed by atoms with Crippen molar-refractivity contribution in [2.45, 2.75) is 18.9 Å². The Labute approximate surface area is 165 Å². The van der Waals surface area contributed by atoms with Gasteiger partial charge in [0, 0.05) is 6.04 Å². The Morgan fingerprint density at radius 2 is 1.81 bits per heavy atom. The van der Waals surface area contributed by atoms with Crippen LogP contribution in [-0.4, -0.2) is 26.2 Å². The number of benzene rings is 2. The van der Waals surface area contributed by atoms with Gasteiger partial charge in [-0.2, -0.15) is 0 Å². The third-order valence-corrected chi connectivity index (χ3v) is 4.84. The summed E-state index contributed by atoms with van der Waals surface area (Å²) in [6, 6.07) is 9.46. The molecule has 0 spiro atoms. The highest BCUT2D eigenvalue weighted by Crippen LogP contribution is 2.36. The summed E-state index contributed by atoms with van der Waals surface area (Å²) < 4.78 is 0. The number of fused-ring (bicyclic) bond motifs is 1. The molecule has 3 N–H and O–H groups in total. The van der Waals surface area contributed by atoms with Crippen molar-refractivity contribution in [3.05, 3.63) is 46.6 Å². The summed E-state index contributed by atoms with van der Waals surface area (Å²) in [4.78, 5) is 8.98. The highest BCUT2D eigenvalue weighted by atomic mass is 35.5. The smallest absolute Gasteiger partial charge is 0.172 e. The molecule has 3 aromatic rings. The summed E-state index contributed by atoms with van der Waals surface area (Å²) in [5, 5.41) is 16.9. The van der Waals surface area contributed by atoms with Crippen LogP contribution < -0.4 is 10.6 Å². The van der Waals surface area contributed by atoms with E-state index >= 15 is 0 Å². The second-order valence-corrected chi connectivity index (χ2v) is 7.34. The lowest BCUT2D eigenvalue weighted by Gasteiger charge is -2.10. The van der Waals surface area contributed by atoms with Crippen LogP contribution in [0.5, 0.6) is 5.75 Å². The molecule has 1 heterocycles. The molecule has 2 aromatic carbocycles. The minimum absolute atomic E-state index is 0.124. The Bertz CT molecular complexity index is 1000. The molecule has 5 nitrogen and oxygen atoms in total. The van der Waals surface area contributed by atoms with Crippen molar-refractivity contribution in [1.82, 2.24) is 15.3 Å². The first kappa shape index (κ1) is 17.3. The van der Waals surface area contributed by atoms with Gasteiger partial charge in [0.1, 0.15) is 0 Å². The molecular formula is C18H14Cl2N4OS. The van der Waals surface area contributed by atoms with E-state index in [4.69, 9.17) is 35.4 Å². The molecule has 1 fully saturated rings. The van der Waals surface area contributed by atoms with Gasteiger partial charge in [-0.3, -0.25) is 4.98 Å². The molecule has 1 aromatic heterocycles. The maximum Gasteiger partial charge on any atom is 0.172 e. The van der Waals surface area contributed by atoms with Gasteiger partial charge >= 0.3 is 0 Å². The number of rotatable bonds is 3. The van der Waals surface area contributed by atoms with Crippen LogP contribution >= 0.6 is 35.4 Å². The molecule has 8 heteroatoms. The van der Waals surface area contributed by atoms with Crippen LogP contribution in [0, 0.1) is 0 Å². The van der Waals surface area contributed by atoms with Crippen molar-refractivity contribution < 1.29 is 5.11 Å². The van der Waals surface area contributed by atoms with Gasteiger partial charge in [-0.25, -0.2) is 4.98 Å². The molecule has 0 atom stereocenters. The average Bonchev–Trinajstić information content (AvgIpc) is 3.42. The van der Waals surface area contributed by atoms with E-state index in [1.165, 1.54) is 0 Å². The van der Waals surface area contributed by atoms with Crippen LogP contribution in [0.1, 0.15) is 12.8 Å². The number of hydrogen-bond donors (Lipinski definition) is 3. The molecule has 4 rings (SSSR count). The van der Waals surface area contributed by atoms with Crippen LogP contribution in [0.3, 0.4) is 0 Å². The van der Waals surface area contributed by atoms with Crippen molar-refractivity contribution in [1.29, 1.82) is 0 Å². The fraction of sp³-hybridized carbons (Fsp3) is 0.167. The molecule has 0 radical (unpaired) electrons. The lowest BCUT2D eigenvalue weighted by molar-refractivity contribution is 0.476. The van der Waals surface area contributed by atoms with Crippen LogP contribution in [-0.2, 0) is 0 Å². The molecule has 132 valence electrons. The minimum Gasteiger partial charge on any atom is -0.505 e. The molecular weight excluding hydrogens is 391 g/mol. The molecule has 1 saturated carbocycles. The Kier molecular flexibility index (Phi) is 4.56. The van der Waals surface area contributed by atoms with Crippen molar-refractivity contribution >= 4 is 57.4 Å². The van der Waals surface area contributed by atoms with E-state index in [-0.39, 0.29) is 15.8 Å². The number of nitrogens with zero attached hydrogens (tertiary/aromatic N) is 2. The van der Waals surface area contributed by atoms with E-state index < -0.39 is 0 Å². The lowest BCUT2D eigenvalue weighted by atomic mass is 10.0. The number of phenolic OH excluding ortho intramolecular Hbond substituents is 1. The van der Waals surface area contributed by atoms with Crippen molar-refractivity contribution in [3.63, 3.8) is 0 Å². The fourth-order valence-corrected chi connectivity index (χ4v) is 3.31. The first-order valence-corrected chi connectivity index (χ1v) is 9.19. The van der Waals surface area contributed by atoms with Gasteiger partial charge in [0.05, 0.1) is 27.3 Å². The monoisotopic (exact) mass is 404 g/mol. The van der Waals surface area contributed by atoms with Crippen LogP contribution in [0.2, 0.25) is 10.0 Å². The van der Waals surface area contributed by atoms with Crippen molar-refractivity contribution in [2.24, 2.45) is 0 Å². The molecule has 1 aliphatic rings. The molecule has 0 bridgehead atoms. The number of anilines is 1. The Morgan fingerprint density at radius 3 is 2.50 bits per heavy atom. The summed E-state index contributed by atoms with van der Waals surface area (Å²) >= 11 is 17.3. The minimum atomic E-state index is -0.124. The number of phenols is 1. The predicted molar refractivity (Wildman–Crippen MR) is 109 cm³/mol. The standard InChI is InChI=1S/C18H14Cl2N4OS/c19-12-5-10(6-13(20)17(12)25)9-1-4-14-15(7-9)23-16(8-21-14)24-18(26)22-11-2-3-11/h1,4-8,11,25H,2-3H2,(H2,22,23,24,26). The summed E-state index contributed by atoms with van der Waals surface area (Å²) in [5.74, 6) is 0.454. The second-order valence-electron chi connectivity index (χ2n) is 6.12. The fourth-order valence-electron chi connectivity index (χ4n) is 2.55. The topological polar surface area (TPSA) is 70.1 Å². The van der Waals surface area contributed by atoms with Crippen LogP contribution in [0.4, 0.5) is 5.82 Å². The second kappa shape index (κ2) is 6.87. The van der Waals surface area contributed by atoms with Gasteiger partial charge in [-0.05, 0) is 60.5 Å². The summed E-state index contributed by atoms with van der Waals surface area (Å²) in [7, 11) is 0. The lowest BCUT2D eigenvalue weighted by Crippen LogP contribution is -2.30. The highest BCUT2D eigenvalue weighted by molar-refractivity contribution is 7.80. The van der Waals surface area contributed by atoms with Gasteiger partial charge in [0.25, 0.3) is 0 Å². The number of halogens is 2. The third kappa shape index (κ3) is 3.67. The van der Waals surface area contributed by atoms with E-state index in [0.717, 1.165) is 29.5 Å². The Hall–Kier alpha value is -2.15. The average molecular weight is 405 g/mol. The zero-order valence-corrected chi connectivity index (χ0v) is 15.8. The molecule has 0 saturated heterocycles. The highest BCUT2D eigenvalue weighted by Gasteiger charge is 2.21. The maximum absolute atomic E-state index is 9.72. The molecule has 0 amide bonds. The number of nitrogens with one attached hydrogen (secondary N) is 2. The van der Waals surface area contributed by atoms with E-state index in [0.29, 0.717) is 22.5 Å². The van der Waals surface area contributed by atoms with Crippen molar-refractivity contribution in [3.8, 4) is 16.9 Å². The number of hydrogen-bond acceptors (Lipinski definition) is 4. The number of aromatic nitrogens is 2. The van der Waals surface area contributed by atoms with Gasteiger partial charge in [0.2, 0.25) is 0 Å². The summed E-state index contributed by atoms with van der Waals surface area (Å²) in [6.07, 6.45) is 3.94. The molecule has 0 unspecified atom stereocenters. The predicted octanol–water partition coefficient (Wildman–Crippen LogP) is 4.76. The summed E-state index contributed by atoms with van der Waals surface area (Å²) in [5.41, 5.74) is 3.12. The van der Waals surface area contributed by atoms with Gasteiger partial charge in [-0.1, -0.05) is 29.3 Å². The Morgan fingerprint density at radius 1 is 1.08 bits per heavy atom. The molecule has 26 heavy (non-hydrogen) atoms. The largest absolute Gasteiger partial charge is 0.505 e. The van der Waals surface area contributed by atoms with E-state index in [9.17, 15) is 5.11 Å². The van der Waals surface area contributed by atoms with E-state index in [1.807, 2.05) is 18.2 Å². The summed E-state index contributed by atoms with van der Waals surface area (Å²) in [6.45, 7) is 0. The first-order valence-electron chi connectivity index (χ1n) is 8.02. The van der Waals surface area contributed by atoms with Crippen LogP contribution in [0.15, 0.2) is 36.5 Å². The van der Waals surface area contributed by atoms with Gasteiger partial charge in [-0.15, -0.1) is 0 Å². The molecule has 0 aliphatic heterocycles. The van der Waals surface area contributed by atoms with Crippen LogP contribution in [0.25, 0.3) is 22.2 Å².